The smallest absolute Gasteiger partial charge is 0.359 e. The number of aromatic nitrogens is 2. The van der Waals surface area contributed by atoms with Crippen molar-refractivity contribution in [3.8, 4) is 5.69 Å². The van der Waals surface area contributed by atoms with Crippen LogP contribution in [0.25, 0.3) is 16.5 Å². The third-order valence-corrected chi connectivity index (χ3v) is 4.89. The fraction of sp³-hybridized carbons (Fsp3) is 0.158. The number of hydrogen-bond acceptors (Lipinski definition) is 6. The molecule has 0 aliphatic heterocycles. The van der Waals surface area contributed by atoms with Crippen LogP contribution in [0.2, 0.25) is 5.02 Å². The van der Waals surface area contributed by atoms with Crippen molar-refractivity contribution in [1.82, 2.24) is 9.78 Å². The van der Waals surface area contributed by atoms with Crippen molar-refractivity contribution in [2.75, 3.05) is 11.9 Å². The number of esters is 1. The van der Waals surface area contributed by atoms with Crippen molar-refractivity contribution in [1.29, 1.82) is 0 Å². The zero-order valence-corrected chi connectivity index (χ0v) is 16.6. The van der Waals surface area contributed by atoms with Crippen LogP contribution in [-0.4, -0.2) is 28.3 Å². The average Bonchev–Trinajstić information content (AvgIpc) is 3.07. The van der Waals surface area contributed by atoms with E-state index in [0.29, 0.717) is 21.1 Å². The maximum atomic E-state index is 13.1. The van der Waals surface area contributed by atoms with Gasteiger partial charge in [0.25, 0.3) is 5.56 Å². The Balaban J connectivity index is 2.27. The van der Waals surface area contributed by atoms with Gasteiger partial charge in [-0.15, -0.1) is 11.3 Å². The highest BCUT2D eigenvalue weighted by atomic mass is 35.5. The highest BCUT2D eigenvalue weighted by molar-refractivity contribution is 7.16. The lowest BCUT2D eigenvalue weighted by Gasteiger charge is -2.09. The van der Waals surface area contributed by atoms with E-state index in [1.807, 2.05) is 0 Å². The lowest BCUT2D eigenvalue weighted by atomic mass is 10.2. The molecule has 0 bridgehead atoms. The summed E-state index contributed by atoms with van der Waals surface area (Å²) in [5.74, 6) is -1.03. The number of nitrogens with zero attached hydrogens (tertiary/aromatic N) is 2. The standard InChI is InChI=1S/C19H16ClN3O4S/c1-3-5-14(24)21-17-15-13(10-28-17)16(19(26)27-4-2)22-23(18(15)25)12-8-6-11(20)7-9-12/h3,5-10H,4H2,1-2H3,(H,21,24)/b5-3+. The minimum Gasteiger partial charge on any atom is -0.461 e. The Kier molecular flexibility index (Phi) is 5.91. The molecule has 0 radical (unpaired) electrons. The molecule has 0 spiro atoms. The molecule has 9 heteroatoms. The molecular formula is C19H16ClN3O4S. The van der Waals surface area contributed by atoms with Crippen molar-refractivity contribution >= 4 is 50.6 Å². The maximum Gasteiger partial charge on any atom is 0.359 e. The number of carbonyl (C=O) groups is 2. The predicted octanol–water partition coefficient (Wildman–Crippen LogP) is 3.79. The molecule has 0 saturated carbocycles. The average molecular weight is 418 g/mol. The summed E-state index contributed by atoms with van der Waals surface area (Å²) in [6, 6.07) is 6.45. The molecule has 0 aliphatic carbocycles. The number of carbonyl (C=O) groups excluding carboxylic acids is 2. The van der Waals surface area contributed by atoms with Crippen LogP contribution in [0.1, 0.15) is 24.3 Å². The molecule has 144 valence electrons. The van der Waals surface area contributed by atoms with Crippen LogP contribution in [0.4, 0.5) is 5.00 Å². The van der Waals surface area contributed by atoms with E-state index in [0.717, 1.165) is 16.0 Å². The third-order valence-electron chi connectivity index (χ3n) is 3.75. The summed E-state index contributed by atoms with van der Waals surface area (Å²) in [7, 11) is 0. The molecule has 3 aromatic rings. The van der Waals surface area contributed by atoms with E-state index in [1.165, 1.54) is 6.08 Å². The van der Waals surface area contributed by atoms with Gasteiger partial charge < -0.3 is 10.1 Å². The SMILES string of the molecule is C/C=C/C(=O)Nc1scc2c(C(=O)OCC)nn(-c3ccc(Cl)cc3)c(=O)c12. The Labute approximate surface area is 169 Å². The summed E-state index contributed by atoms with van der Waals surface area (Å²) in [5, 5.41) is 9.84. The third kappa shape index (κ3) is 3.83. The van der Waals surface area contributed by atoms with Crippen molar-refractivity contribution in [3.63, 3.8) is 0 Å². The highest BCUT2D eigenvalue weighted by Gasteiger charge is 2.22. The van der Waals surface area contributed by atoms with Gasteiger partial charge >= 0.3 is 5.97 Å². The summed E-state index contributed by atoms with van der Waals surface area (Å²) < 4.78 is 6.18. The second kappa shape index (κ2) is 8.37. The zero-order chi connectivity index (χ0) is 20.3. The highest BCUT2D eigenvalue weighted by Crippen LogP contribution is 2.30. The van der Waals surface area contributed by atoms with Gasteiger partial charge in [0, 0.05) is 15.8 Å². The summed E-state index contributed by atoms with van der Waals surface area (Å²) in [4.78, 5) is 37.5. The van der Waals surface area contributed by atoms with Gasteiger partial charge in [-0.3, -0.25) is 9.59 Å². The van der Waals surface area contributed by atoms with Crippen molar-refractivity contribution < 1.29 is 14.3 Å². The number of thiophene rings is 1. The number of rotatable bonds is 5. The first kappa shape index (κ1) is 19.8. The van der Waals surface area contributed by atoms with Gasteiger partial charge in [0.1, 0.15) is 5.00 Å². The minimum atomic E-state index is -0.653. The first-order valence-electron chi connectivity index (χ1n) is 8.37. The zero-order valence-electron chi connectivity index (χ0n) is 15.1. The summed E-state index contributed by atoms with van der Waals surface area (Å²) in [6.07, 6.45) is 2.93. The van der Waals surface area contributed by atoms with Gasteiger partial charge in [0.05, 0.1) is 17.7 Å². The Morgan fingerprint density at radius 1 is 1.32 bits per heavy atom. The van der Waals surface area contributed by atoms with Crippen LogP contribution in [0.15, 0.2) is 46.6 Å². The summed E-state index contributed by atoms with van der Waals surface area (Å²) in [6.45, 7) is 3.56. The van der Waals surface area contributed by atoms with Gasteiger partial charge in [-0.25, -0.2) is 4.79 Å². The fourth-order valence-corrected chi connectivity index (χ4v) is 3.62. The lowest BCUT2D eigenvalue weighted by molar-refractivity contribution is -0.111. The molecule has 2 heterocycles. The predicted molar refractivity (Wildman–Crippen MR) is 110 cm³/mol. The van der Waals surface area contributed by atoms with E-state index < -0.39 is 11.5 Å². The molecule has 3 rings (SSSR count). The fourth-order valence-electron chi connectivity index (χ4n) is 2.55. The number of halogens is 1. The second-order valence-electron chi connectivity index (χ2n) is 5.61. The number of hydrogen-bond donors (Lipinski definition) is 1. The molecule has 0 unspecified atom stereocenters. The van der Waals surface area contributed by atoms with Crippen molar-refractivity contribution in [2.24, 2.45) is 0 Å². The molecule has 0 saturated heterocycles. The molecule has 1 N–H and O–H groups in total. The number of nitrogens with one attached hydrogen (secondary N) is 1. The lowest BCUT2D eigenvalue weighted by Crippen LogP contribution is -2.25. The van der Waals surface area contributed by atoms with E-state index in [9.17, 15) is 14.4 Å². The molecule has 0 fully saturated rings. The molecule has 2 aromatic heterocycles. The molecule has 0 aliphatic rings. The van der Waals surface area contributed by atoms with Crippen LogP contribution < -0.4 is 10.9 Å². The molecule has 7 nitrogen and oxygen atoms in total. The Hall–Kier alpha value is -2.97. The number of ether oxygens (including phenoxy) is 1. The van der Waals surface area contributed by atoms with E-state index in [4.69, 9.17) is 16.3 Å². The van der Waals surface area contributed by atoms with Crippen LogP contribution in [-0.2, 0) is 9.53 Å². The van der Waals surface area contributed by atoms with Crippen molar-refractivity contribution in [3.05, 3.63) is 62.9 Å². The minimum absolute atomic E-state index is 0.00539. The Bertz CT molecular complexity index is 1130. The van der Waals surface area contributed by atoms with Crippen LogP contribution >= 0.6 is 22.9 Å². The van der Waals surface area contributed by atoms with Crippen LogP contribution in [0, 0.1) is 0 Å². The van der Waals surface area contributed by atoms with E-state index in [-0.39, 0.29) is 23.6 Å². The number of allylic oxidation sites excluding steroid dienone is 1. The first-order chi connectivity index (χ1) is 13.5. The molecule has 28 heavy (non-hydrogen) atoms. The molecule has 1 aromatic carbocycles. The van der Waals surface area contributed by atoms with Crippen molar-refractivity contribution in [2.45, 2.75) is 13.8 Å². The molecule has 1 amide bonds. The second-order valence-corrected chi connectivity index (χ2v) is 6.92. The Morgan fingerprint density at radius 3 is 2.68 bits per heavy atom. The van der Waals surface area contributed by atoms with Gasteiger partial charge in [0.2, 0.25) is 5.91 Å². The number of benzene rings is 1. The summed E-state index contributed by atoms with van der Waals surface area (Å²) >= 11 is 7.06. The number of anilines is 1. The number of fused-ring (bicyclic) bond motifs is 1. The van der Waals surface area contributed by atoms with Crippen LogP contribution in [0.3, 0.4) is 0 Å². The van der Waals surface area contributed by atoms with Gasteiger partial charge in [-0.2, -0.15) is 9.78 Å². The monoisotopic (exact) mass is 417 g/mol. The van der Waals surface area contributed by atoms with E-state index in [2.05, 4.69) is 10.4 Å². The largest absolute Gasteiger partial charge is 0.461 e. The molecule has 0 atom stereocenters. The van der Waals surface area contributed by atoms with E-state index in [1.54, 1.807) is 49.6 Å². The Morgan fingerprint density at radius 2 is 2.04 bits per heavy atom. The normalized spacial score (nSPS) is 11.1. The topological polar surface area (TPSA) is 90.3 Å². The maximum absolute atomic E-state index is 13.1. The molecular weight excluding hydrogens is 402 g/mol. The van der Waals surface area contributed by atoms with E-state index >= 15 is 0 Å². The number of amides is 1. The van der Waals surface area contributed by atoms with Crippen LogP contribution in [0.5, 0.6) is 0 Å². The van der Waals surface area contributed by atoms with Gasteiger partial charge in [0.15, 0.2) is 5.69 Å². The summed E-state index contributed by atoms with van der Waals surface area (Å²) in [5.41, 5.74) is -0.0460. The quantitative estimate of drug-likeness (QED) is 0.503. The van der Waals surface area contributed by atoms with Gasteiger partial charge in [-0.1, -0.05) is 17.7 Å². The van der Waals surface area contributed by atoms with Gasteiger partial charge in [-0.05, 0) is 44.2 Å². The first-order valence-corrected chi connectivity index (χ1v) is 9.63.